The standard InChI is InChI=1S/C35H32N2O4S2/c1-26-13-20-33(21-14-26)43(39,40)37(29-16-18-31(19-17-29)41-30-9-5-3-6-10-30)24-35(38)36-34-22-15-28(23-27(34)2)25-42-32-11-7-4-8-12-32/h3-23H,24-25H2,1-2H3,(H,36,38). The number of anilines is 2. The Kier molecular flexibility index (Phi) is 9.49. The Hall–Kier alpha value is -4.53. The normalized spacial score (nSPS) is 11.1. The third-order valence-corrected chi connectivity index (χ3v) is 9.58. The SMILES string of the molecule is Cc1ccc(S(=O)(=O)N(CC(=O)Nc2ccc(CSc3ccccc3)cc2C)c2ccc(Oc3ccccc3)cc2)cc1. The van der Waals surface area contributed by atoms with E-state index in [4.69, 9.17) is 4.74 Å². The maximum absolute atomic E-state index is 13.8. The van der Waals surface area contributed by atoms with Crippen LogP contribution in [0.5, 0.6) is 11.5 Å². The van der Waals surface area contributed by atoms with Crippen molar-refractivity contribution in [2.24, 2.45) is 0 Å². The Balaban J connectivity index is 1.34. The fourth-order valence-electron chi connectivity index (χ4n) is 4.42. The summed E-state index contributed by atoms with van der Waals surface area (Å²) in [5.41, 5.74) is 3.95. The molecular weight excluding hydrogens is 577 g/mol. The minimum atomic E-state index is -4.05. The van der Waals surface area contributed by atoms with Crippen molar-refractivity contribution in [3.8, 4) is 11.5 Å². The fourth-order valence-corrected chi connectivity index (χ4v) is 6.70. The Morgan fingerprint density at radius 3 is 2.05 bits per heavy atom. The highest BCUT2D eigenvalue weighted by atomic mass is 32.2. The molecule has 6 nitrogen and oxygen atoms in total. The molecule has 0 saturated heterocycles. The van der Waals surface area contributed by atoms with Crippen molar-refractivity contribution in [1.82, 2.24) is 0 Å². The molecule has 218 valence electrons. The highest BCUT2D eigenvalue weighted by Crippen LogP contribution is 2.29. The minimum absolute atomic E-state index is 0.104. The van der Waals surface area contributed by atoms with Crippen LogP contribution in [0.3, 0.4) is 0 Å². The molecule has 0 fully saturated rings. The average Bonchev–Trinajstić information content (AvgIpc) is 3.02. The van der Waals surface area contributed by atoms with E-state index in [2.05, 4.69) is 17.4 Å². The summed E-state index contributed by atoms with van der Waals surface area (Å²) in [6.07, 6.45) is 0. The second-order valence-electron chi connectivity index (χ2n) is 10.0. The minimum Gasteiger partial charge on any atom is -0.457 e. The molecule has 1 amide bonds. The zero-order valence-corrected chi connectivity index (χ0v) is 25.6. The fraction of sp³-hybridized carbons (Fsp3) is 0.114. The lowest BCUT2D eigenvalue weighted by Crippen LogP contribution is -2.38. The van der Waals surface area contributed by atoms with Gasteiger partial charge in [-0.2, -0.15) is 0 Å². The van der Waals surface area contributed by atoms with Crippen LogP contribution >= 0.6 is 11.8 Å². The zero-order chi connectivity index (χ0) is 30.2. The summed E-state index contributed by atoms with van der Waals surface area (Å²) in [5.74, 6) is 1.56. The summed E-state index contributed by atoms with van der Waals surface area (Å²) in [6, 6.07) is 38.6. The van der Waals surface area contributed by atoms with E-state index in [1.807, 2.05) is 80.6 Å². The number of para-hydroxylation sites is 1. The molecule has 5 aromatic rings. The molecule has 43 heavy (non-hydrogen) atoms. The topological polar surface area (TPSA) is 75.7 Å². The van der Waals surface area contributed by atoms with E-state index < -0.39 is 22.5 Å². The number of rotatable bonds is 11. The monoisotopic (exact) mass is 608 g/mol. The lowest BCUT2D eigenvalue weighted by molar-refractivity contribution is -0.114. The van der Waals surface area contributed by atoms with Crippen molar-refractivity contribution < 1.29 is 17.9 Å². The molecular formula is C35H32N2O4S2. The lowest BCUT2D eigenvalue weighted by atomic mass is 10.1. The van der Waals surface area contributed by atoms with Gasteiger partial charge in [-0.05, 0) is 91.7 Å². The third-order valence-electron chi connectivity index (χ3n) is 6.71. The maximum Gasteiger partial charge on any atom is 0.264 e. The largest absolute Gasteiger partial charge is 0.457 e. The molecule has 0 saturated carbocycles. The van der Waals surface area contributed by atoms with Crippen LogP contribution in [0.2, 0.25) is 0 Å². The molecule has 5 aromatic carbocycles. The van der Waals surface area contributed by atoms with Gasteiger partial charge in [-0.1, -0.05) is 66.2 Å². The number of nitrogens with one attached hydrogen (secondary N) is 1. The molecule has 0 aliphatic rings. The number of sulfonamides is 1. The van der Waals surface area contributed by atoms with Gasteiger partial charge in [0.15, 0.2) is 0 Å². The number of aryl methyl sites for hydroxylation is 2. The van der Waals surface area contributed by atoms with Gasteiger partial charge in [-0.25, -0.2) is 8.42 Å². The van der Waals surface area contributed by atoms with E-state index in [1.165, 1.54) is 4.90 Å². The Labute approximate surface area is 257 Å². The summed E-state index contributed by atoms with van der Waals surface area (Å²) in [6.45, 7) is 3.42. The number of hydrogen-bond donors (Lipinski definition) is 1. The van der Waals surface area contributed by atoms with Crippen LogP contribution in [0.15, 0.2) is 137 Å². The number of amides is 1. The summed E-state index contributed by atoms with van der Waals surface area (Å²) in [5, 5.41) is 2.91. The number of carbonyl (C=O) groups is 1. The van der Waals surface area contributed by atoms with E-state index in [1.54, 1.807) is 60.3 Å². The van der Waals surface area contributed by atoms with Gasteiger partial charge in [0.25, 0.3) is 10.0 Å². The summed E-state index contributed by atoms with van der Waals surface area (Å²) < 4.78 is 34.6. The van der Waals surface area contributed by atoms with Crippen molar-refractivity contribution >= 4 is 39.1 Å². The molecule has 0 unspecified atom stereocenters. The number of hydrogen-bond acceptors (Lipinski definition) is 5. The third kappa shape index (κ3) is 7.85. The first-order valence-corrected chi connectivity index (χ1v) is 16.2. The predicted molar refractivity (Wildman–Crippen MR) is 174 cm³/mol. The molecule has 0 aromatic heterocycles. The van der Waals surface area contributed by atoms with Crippen LogP contribution in [0.1, 0.15) is 16.7 Å². The van der Waals surface area contributed by atoms with Gasteiger partial charge >= 0.3 is 0 Å². The van der Waals surface area contributed by atoms with E-state index in [9.17, 15) is 13.2 Å². The highest BCUT2D eigenvalue weighted by Gasteiger charge is 2.27. The first kappa shape index (κ1) is 29.9. The molecule has 8 heteroatoms. The molecule has 0 bridgehead atoms. The van der Waals surface area contributed by atoms with Gasteiger partial charge in [-0.3, -0.25) is 9.10 Å². The van der Waals surface area contributed by atoms with Gasteiger partial charge in [0.05, 0.1) is 10.6 Å². The second-order valence-corrected chi connectivity index (χ2v) is 12.9. The molecule has 1 N–H and O–H groups in total. The van der Waals surface area contributed by atoms with Gasteiger partial charge in [0, 0.05) is 16.3 Å². The summed E-state index contributed by atoms with van der Waals surface area (Å²) in [4.78, 5) is 14.6. The predicted octanol–water partition coefficient (Wildman–Crippen LogP) is 8.22. The maximum atomic E-state index is 13.8. The van der Waals surface area contributed by atoms with E-state index in [0.717, 1.165) is 26.7 Å². The van der Waals surface area contributed by atoms with Crippen molar-refractivity contribution in [2.45, 2.75) is 29.4 Å². The number of thioether (sulfide) groups is 1. The molecule has 0 spiro atoms. The average molecular weight is 609 g/mol. The summed E-state index contributed by atoms with van der Waals surface area (Å²) in [7, 11) is -4.05. The lowest BCUT2D eigenvalue weighted by Gasteiger charge is -2.24. The molecule has 0 atom stereocenters. The number of nitrogens with zero attached hydrogens (tertiary/aromatic N) is 1. The molecule has 0 aliphatic heterocycles. The van der Waals surface area contributed by atoms with Crippen molar-refractivity contribution in [3.05, 3.63) is 144 Å². The highest BCUT2D eigenvalue weighted by molar-refractivity contribution is 7.98. The van der Waals surface area contributed by atoms with Gasteiger partial charge in [0.1, 0.15) is 18.0 Å². The Bertz CT molecular complexity index is 1780. The van der Waals surface area contributed by atoms with Crippen LogP contribution in [0.25, 0.3) is 0 Å². The smallest absolute Gasteiger partial charge is 0.264 e. The molecule has 0 aliphatic carbocycles. The first-order chi connectivity index (χ1) is 20.8. The van der Waals surface area contributed by atoms with Gasteiger partial charge < -0.3 is 10.1 Å². The van der Waals surface area contributed by atoms with Crippen molar-refractivity contribution in [1.29, 1.82) is 0 Å². The van der Waals surface area contributed by atoms with Crippen LogP contribution < -0.4 is 14.4 Å². The molecule has 0 heterocycles. The van der Waals surface area contributed by atoms with Gasteiger partial charge in [0.2, 0.25) is 5.91 Å². The zero-order valence-electron chi connectivity index (χ0n) is 23.9. The van der Waals surface area contributed by atoms with Crippen LogP contribution in [-0.4, -0.2) is 20.9 Å². The second kappa shape index (κ2) is 13.6. The molecule has 5 rings (SSSR count). The van der Waals surface area contributed by atoms with E-state index in [0.29, 0.717) is 22.9 Å². The number of ether oxygens (including phenoxy) is 1. The Morgan fingerprint density at radius 2 is 1.40 bits per heavy atom. The number of benzene rings is 5. The summed E-state index contributed by atoms with van der Waals surface area (Å²) >= 11 is 1.74. The van der Waals surface area contributed by atoms with Crippen LogP contribution in [0, 0.1) is 13.8 Å². The van der Waals surface area contributed by atoms with E-state index in [-0.39, 0.29) is 4.90 Å². The van der Waals surface area contributed by atoms with E-state index >= 15 is 0 Å². The van der Waals surface area contributed by atoms with Gasteiger partial charge in [-0.15, -0.1) is 11.8 Å². The Morgan fingerprint density at radius 1 is 0.767 bits per heavy atom. The van der Waals surface area contributed by atoms with Crippen molar-refractivity contribution in [2.75, 3.05) is 16.2 Å². The van der Waals surface area contributed by atoms with Crippen molar-refractivity contribution in [3.63, 3.8) is 0 Å². The van der Waals surface area contributed by atoms with Crippen LogP contribution in [0.4, 0.5) is 11.4 Å². The molecule has 0 radical (unpaired) electrons. The van der Waals surface area contributed by atoms with Crippen LogP contribution in [-0.2, 0) is 20.6 Å². The quantitative estimate of drug-likeness (QED) is 0.153. The number of carbonyl (C=O) groups excluding carboxylic acids is 1. The first-order valence-electron chi connectivity index (χ1n) is 13.8.